The molecule has 0 saturated carbocycles. The highest BCUT2D eigenvalue weighted by Gasteiger charge is 2.60. The van der Waals surface area contributed by atoms with Crippen LogP contribution in [0.4, 0.5) is 0 Å². The molecule has 0 aromatic rings. The number of hydrogen-bond acceptors (Lipinski definition) is 4. The van der Waals surface area contributed by atoms with Gasteiger partial charge in [0.1, 0.15) is 0 Å². The van der Waals surface area contributed by atoms with Gasteiger partial charge in [-0.1, -0.05) is 107 Å². The smallest absolute Gasteiger partial charge is 0.0251 e. The summed E-state index contributed by atoms with van der Waals surface area (Å²) in [5, 5.41) is 0. The molecule has 0 amide bonds. The van der Waals surface area contributed by atoms with E-state index in [1.165, 1.54) is 77.0 Å². The van der Waals surface area contributed by atoms with Crippen molar-refractivity contribution >= 4 is 8.88 Å². The Balaban J connectivity index is 1.47. The summed E-state index contributed by atoms with van der Waals surface area (Å²) in [6.45, 7) is 20.3. The van der Waals surface area contributed by atoms with Crippen molar-refractivity contribution in [1.29, 1.82) is 0 Å². The van der Waals surface area contributed by atoms with E-state index in [2.05, 4.69) is 88.6 Å². The predicted molar refractivity (Wildman–Crippen MR) is 187 cm³/mol. The summed E-state index contributed by atoms with van der Waals surface area (Å²) < 4.78 is 6.40. The monoisotopic (exact) mass is 615 g/mol. The van der Waals surface area contributed by atoms with Crippen LogP contribution in [0.5, 0.6) is 0 Å². The van der Waals surface area contributed by atoms with Gasteiger partial charge in [-0.25, -0.2) is 0 Å². The molecule has 6 saturated heterocycles. The molecule has 0 spiro atoms. The summed E-state index contributed by atoms with van der Waals surface area (Å²) in [4.78, 5) is 6.00. The van der Waals surface area contributed by atoms with Crippen molar-refractivity contribution in [3.05, 3.63) is 0 Å². The Morgan fingerprint density at radius 1 is 0.349 bits per heavy atom. The SMILES string of the molecule is CCC1C(CC)C2CC3C(CC)C(CC)C4CC5C(CC)C(CC)C(CC6C(CC)C(CC)C(CC1N2C)N6C)N5PN34. The van der Waals surface area contributed by atoms with E-state index in [9.17, 15) is 0 Å². The van der Waals surface area contributed by atoms with Crippen molar-refractivity contribution in [2.75, 3.05) is 14.1 Å². The second-order valence-corrected chi connectivity index (χ2v) is 17.5. The molecule has 0 radical (unpaired) electrons. The summed E-state index contributed by atoms with van der Waals surface area (Å²) >= 11 is 0. The van der Waals surface area contributed by atoms with Crippen LogP contribution in [0, 0.1) is 47.3 Å². The Bertz CT molecular complexity index is 860. The van der Waals surface area contributed by atoms with E-state index in [1.54, 1.807) is 0 Å². The van der Waals surface area contributed by atoms with Gasteiger partial charge in [-0.3, -0.25) is 19.1 Å². The molecule has 0 aliphatic carbocycles. The molecule has 16 unspecified atom stereocenters. The van der Waals surface area contributed by atoms with Gasteiger partial charge >= 0.3 is 0 Å². The van der Waals surface area contributed by atoms with Crippen molar-refractivity contribution in [2.24, 2.45) is 47.3 Å². The Hall–Kier alpha value is 0.270. The molecule has 0 aromatic heterocycles. The van der Waals surface area contributed by atoms with Crippen LogP contribution in [0.2, 0.25) is 0 Å². The first kappa shape index (κ1) is 33.2. The molecule has 4 nitrogen and oxygen atoms in total. The highest BCUT2D eigenvalue weighted by Crippen LogP contribution is 2.61. The zero-order chi connectivity index (χ0) is 30.7. The molecule has 6 heterocycles. The fraction of sp³-hybridized carbons (Fsp3) is 1.00. The molecular weight excluding hydrogens is 543 g/mol. The van der Waals surface area contributed by atoms with Crippen LogP contribution in [-0.4, -0.2) is 81.6 Å². The molecule has 5 heteroatoms. The van der Waals surface area contributed by atoms with E-state index in [-0.39, 0.29) is 0 Å². The van der Waals surface area contributed by atoms with E-state index in [0.717, 1.165) is 105 Å². The standard InChI is InChI=1S/C38H71N4P/c1-11-23-25(13-3)33-20-35-27(15-5)29(17-7)37-22-38-30(18-8)28(16-6)36(42(38)43-41(35)37)21-34-26(14-4)24(12-2)32(40(34)10)19-31(23)39(33)9/h23-38,43H,11-22H2,1-10H3. The molecule has 6 fully saturated rings. The fourth-order valence-corrected chi connectivity index (χ4v) is 15.9. The van der Waals surface area contributed by atoms with Crippen LogP contribution >= 0.6 is 8.88 Å². The van der Waals surface area contributed by atoms with Crippen molar-refractivity contribution in [2.45, 2.75) is 181 Å². The molecule has 6 rings (SSSR count). The first-order valence-electron chi connectivity index (χ1n) is 19.6. The topological polar surface area (TPSA) is 13.0 Å². The van der Waals surface area contributed by atoms with Gasteiger partial charge in [-0.05, 0) is 87.1 Å². The average molecular weight is 615 g/mol. The number of rotatable bonds is 8. The summed E-state index contributed by atoms with van der Waals surface area (Å²) in [5.41, 5.74) is 0. The van der Waals surface area contributed by atoms with Crippen LogP contribution in [0.25, 0.3) is 0 Å². The predicted octanol–water partition coefficient (Wildman–Crippen LogP) is 8.76. The van der Waals surface area contributed by atoms with E-state index in [0.29, 0.717) is 0 Å². The second-order valence-electron chi connectivity index (χ2n) is 16.3. The molecule has 0 N–H and O–H groups in total. The van der Waals surface area contributed by atoms with E-state index < -0.39 is 0 Å². The van der Waals surface area contributed by atoms with Crippen molar-refractivity contribution in [3.8, 4) is 0 Å². The molecule has 6 aliphatic heterocycles. The summed E-state index contributed by atoms with van der Waals surface area (Å²) in [6.07, 6.45) is 16.7. The van der Waals surface area contributed by atoms with Crippen molar-refractivity contribution in [3.63, 3.8) is 0 Å². The summed E-state index contributed by atoms with van der Waals surface area (Å²) in [6, 6.07) is 6.24. The first-order valence-corrected chi connectivity index (χ1v) is 20.5. The number of nitrogens with zero attached hydrogens (tertiary/aromatic N) is 4. The Morgan fingerprint density at radius 3 is 0.767 bits per heavy atom. The van der Waals surface area contributed by atoms with Crippen molar-refractivity contribution < 1.29 is 0 Å². The van der Waals surface area contributed by atoms with Gasteiger partial charge in [0.25, 0.3) is 0 Å². The van der Waals surface area contributed by atoms with Gasteiger partial charge in [0.2, 0.25) is 0 Å². The largest absolute Gasteiger partial charge is 0.300 e. The van der Waals surface area contributed by atoms with Crippen molar-refractivity contribution in [1.82, 2.24) is 19.1 Å². The summed E-state index contributed by atoms with van der Waals surface area (Å²) in [7, 11) is 6.09. The molecule has 248 valence electrons. The highest BCUT2D eigenvalue weighted by atomic mass is 31.1. The maximum atomic E-state index is 3.20. The van der Waals surface area contributed by atoms with Crippen LogP contribution in [0.1, 0.15) is 132 Å². The second kappa shape index (κ2) is 13.4. The lowest BCUT2D eigenvalue weighted by Gasteiger charge is -2.47. The maximum absolute atomic E-state index is 3.20. The van der Waals surface area contributed by atoms with Crippen LogP contribution in [-0.2, 0) is 0 Å². The zero-order valence-electron chi connectivity index (χ0n) is 30.0. The van der Waals surface area contributed by atoms with Gasteiger partial charge in [-0.2, -0.15) is 0 Å². The lowest BCUT2D eigenvalue weighted by atomic mass is 9.74. The average Bonchev–Trinajstić information content (AvgIpc) is 3.66. The van der Waals surface area contributed by atoms with Gasteiger partial charge < -0.3 is 0 Å². The minimum atomic E-state index is 0.754. The van der Waals surface area contributed by atoms with Gasteiger partial charge in [0.15, 0.2) is 0 Å². The zero-order valence-corrected chi connectivity index (χ0v) is 31.0. The van der Waals surface area contributed by atoms with Crippen LogP contribution in [0.3, 0.4) is 0 Å². The molecule has 0 aromatic carbocycles. The summed E-state index contributed by atoms with van der Waals surface area (Å²) in [5.74, 6) is 7.02. The third-order valence-corrected chi connectivity index (χ3v) is 17.4. The molecular formula is C38H71N4P. The number of fused-ring (bicyclic) bond motifs is 4. The third-order valence-electron chi connectivity index (χ3n) is 15.6. The number of hydrogen-bond donors (Lipinski definition) is 0. The highest BCUT2D eigenvalue weighted by molar-refractivity contribution is 7.32. The molecule has 43 heavy (non-hydrogen) atoms. The minimum Gasteiger partial charge on any atom is -0.300 e. The lowest BCUT2D eigenvalue weighted by Crippen LogP contribution is -2.50. The fourth-order valence-electron chi connectivity index (χ4n) is 13.8. The quantitative estimate of drug-likeness (QED) is 0.253. The van der Waals surface area contributed by atoms with E-state index in [1.807, 2.05) is 0 Å². The first-order chi connectivity index (χ1) is 20.8. The van der Waals surface area contributed by atoms with Gasteiger partial charge in [-0.15, -0.1) is 0 Å². The minimum absolute atomic E-state index is 0.754. The van der Waals surface area contributed by atoms with Crippen LogP contribution in [0.15, 0.2) is 0 Å². The normalized spacial score (nSPS) is 51.5. The Kier molecular flexibility index (Phi) is 10.3. The molecule has 6 aliphatic rings. The third kappa shape index (κ3) is 5.07. The van der Waals surface area contributed by atoms with Crippen LogP contribution < -0.4 is 0 Å². The van der Waals surface area contributed by atoms with E-state index in [4.69, 9.17) is 0 Å². The van der Waals surface area contributed by atoms with Gasteiger partial charge in [0, 0.05) is 57.2 Å². The lowest BCUT2D eigenvalue weighted by molar-refractivity contribution is 0.106. The van der Waals surface area contributed by atoms with Gasteiger partial charge in [0.05, 0.1) is 0 Å². The Morgan fingerprint density at radius 2 is 0.535 bits per heavy atom. The molecule has 16 atom stereocenters. The Labute approximate surface area is 269 Å². The maximum Gasteiger partial charge on any atom is 0.0251 e. The molecule has 6 bridgehead atoms. The van der Waals surface area contributed by atoms with E-state index >= 15 is 0 Å².